The fraction of sp³-hybridized carbons (Fsp3) is 0.333. The Kier molecular flexibility index (Phi) is 1.99. The van der Waals surface area contributed by atoms with E-state index in [0.717, 1.165) is 6.54 Å². The third-order valence-corrected chi connectivity index (χ3v) is 2.36. The molecule has 0 bridgehead atoms. The summed E-state index contributed by atoms with van der Waals surface area (Å²) < 4.78 is 0. The van der Waals surface area contributed by atoms with E-state index in [4.69, 9.17) is 5.73 Å². The molecule has 3 N–H and O–H groups in total. The normalized spacial score (nSPS) is 20.6. The molecule has 5 heteroatoms. The summed E-state index contributed by atoms with van der Waals surface area (Å²) in [6.45, 7) is 1.78. The Hall–Kier alpha value is -1.78. The van der Waals surface area contributed by atoms with Gasteiger partial charge in [0.1, 0.15) is 5.70 Å². The maximum absolute atomic E-state index is 11.3. The summed E-state index contributed by atoms with van der Waals surface area (Å²) >= 11 is 0. The van der Waals surface area contributed by atoms with Crippen molar-refractivity contribution in [3.8, 4) is 0 Å². The van der Waals surface area contributed by atoms with Crippen molar-refractivity contribution in [2.45, 2.75) is 0 Å². The Morgan fingerprint density at radius 3 is 3.00 bits per heavy atom. The standard InChI is InChI=1S/C9H11N3O2/c10-8(13)6-1-2-7-9(14)11-3-4-12(7)5-6/h1-2H,3-5H2,(H2,10,13)(H,11,14). The van der Waals surface area contributed by atoms with E-state index in [1.165, 1.54) is 0 Å². The zero-order valence-corrected chi connectivity index (χ0v) is 7.62. The number of carbonyl (C=O) groups is 2. The van der Waals surface area contributed by atoms with Crippen molar-refractivity contribution >= 4 is 11.8 Å². The second kappa shape index (κ2) is 3.17. The topological polar surface area (TPSA) is 75.4 Å². The van der Waals surface area contributed by atoms with E-state index < -0.39 is 5.91 Å². The summed E-state index contributed by atoms with van der Waals surface area (Å²) in [7, 11) is 0. The Labute approximate surface area is 81.2 Å². The number of hydrogen-bond acceptors (Lipinski definition) is 3. The number of hydrogen-bond donors (Lipinski definition) is 2. The van der Waals surface area contributed by atoms with Gasteiger partial charge in [-0.3, -0.25) is 9.59 Å². The van der Waals surface area contributed by atoms with Gasteiger partial charge >= 0.3 is 0 Å². The molecule has 0 saturated carbocycles. The third-order valence-electron chi connectivity index (χ3n) is 2.36. The zero-order chi connectivity index (χ0) is 10.1. The highest BCUT2D eigenvalue weighted by molar-refractivity contribution is 5.97. The predicted molar refractivity (Wildman–Crippen MR) is 49.9 cm³/mol. The minimum atomic E-state index is -0.425. The summed E-state index contributed by atoms with van der Waals surface area (Å²) in [6, 6.07) is 0. The Morgan fingerprint density at radius 1 is 1.50 bits per heavy atom. The van der Waals surface area contributed by atoms with E-state index in [9.17, 15) is 9.59 Å². The van der Waals surface area contributed by atoms with E-state index in [2.05, 4.69) is 5.32 Å². The number of nitrogens with two attached hydrogens (primary N) is 1. The quantitative estimate of drug-likeness (QED) is 0.545. The van der Waals surface area contributed by atoms with E-state index in [-0.39, 0.29) is 5.91 Å². The number of fused-ring (bicyclic) bond motifs is 1. The van der Waals surface area contributed by atoms with Crippen LogP contribution < -0.4 is 11.1 Å². The van der Waals surface area contributed by atoms with Crippen LogP contribution in [0, 0.1) is 0 Å². The van der Waals surface area contributed by atoms with Crippen molar-refractivity contribution in [2.24, 2.45) is 5.73 Å². The largest absolute Gasteiger partial charge is 0.366 e. The highest BCUT2D eigenvalue weighted by Gasteiger charge is 2.25. The number of nitrogens with one attached hydrogen (secondary N) is 1. The lowest BCUT2D eigenvalue weighted by Crippen LogP contribution is -2.48. The molecule has 74 valence electrons. The SMILES string of the molecule is NC(=O)C1=CC=C2C(=O)NCCN2C1. The molecule has 2 aliphatic heterocycles. The van der Waals surface area contributed by atoms with Gasteiger partial charge in [-0.25, -0.2) is 0 Å². The monoisotopic (exact) mass is 193 g/mol. The van der Waals surface area contributed by atoms with Gasteiger partial charge in [0.2, 0.25) is 5.91 Å². The van der Waals surface area contributed by atoms with Gasteiger partial charge in [0.15, 0.2) is 0 Å². The van der Waals surface area contributed by atoms with Gasteiger partial charge in [-0.05, 0) is 12.2 Å². The molecule has 1 fully saturated rings. The first-order chi connectivity index (χ1) is 6.68. The number of allylic oxidation sites excluding steroid dienone is 2. The molecule has 2 amide bonds. The summed E-state index contributed by atoms with van der Waals surface area (Å²) in [4.78, 5) is 24.1. The number of piperazine rings is 1. The minimum Gasteiger partial charge on any atom is -0.366 e. The molecule has 2 heterocycles. The van der Waals surface area contributed by atoms with Crippen LogP contribution in [0.1, 0.15) is 0 Å². The molecule has 0 radical (unpaired) electrons. The second-order valence-electron chi connectivity index (χ2n) is 3.29. The highest BCUT2D eigenvalue weighted by Crippen LogP contribution is 2.16. The zero-order valence-electron chi connectivity index (χ0n) is 7.62. The van der Waals surface area contributed by atoms with Crippen LogP contribution in [0.5, 0.6) is 0 Å². The number of carbonyl (C=O) groups excluding carboxylic acids is 2. The fourth-order valence-electron chi connectivity index (χ4n) is 1.60. The Balaban J connectivity index is 2.27. The van der Waals surface area contributed by atoms with Gasteiger partial charge < -0.3 is 16.0 Å². The molecule has 0 spiro atoms. The lowest BCUT2D eigenvalue weighted by atomic mass is 10.1. The average molecular weight is 193 g/mol. The third kappa shape index (κ3) is 1.37. The summed E-state index contributed by atoms with van der Waals surface area (Å²) in [6.07, 6.45) is 3.25. The molecular weight excluding hydrogens is 182 g/mol. The first-order valence-corrected chi connectivity index (χ1v) is 4.42. The lowest BCUT2D eigenvalue weighted by molar-refractivity contribution is -0.121. The first-order valence-electron chi connectivity index (χ1n) is 4.42. The molecule has 0 aliphatic carbocycles. The molecule has 0 aromatic rings. The van der Waals surface area contributed by atoms with E-state index in [1.807, 2.05) is 4.90 Å². The molecule has 0 aromatic carbocycles. The molecule has 0 atom stereocenters. The van der Waals surface area contributed by atoms with Crippen LogP contribution in [0.15, 0.2) is 23.4 Å². The number of rotatable bonds is 1. The van der Waals surface area contributed by atoms with Crippen molar-refractivity contribution < 1.29 is 9.59 Å². The van der Waals surface area contributed by atoms with Crippen LogP contribution >= 0.6 is 0 Å². The number of nitrogens with zero attached hydrogens (tertiary/aromatic N) is 1. The molecule has 5 nitrogen and oxygen atoms in total. The van der Waals surface area contributed by atoms with Gasteiger partial charge in [-0.15, -0.1) is 0 Å². The van der Waals surface area contributed by atoms with Crippen molar-refractivity contribution in [3.63, 3.8) is 0 Å². The maximum Gasteiger partial charge on any atom is 0.267 e. The Bertz CT molecular complexity index is 357. The molecule has 1 saturated heterocycles. The fourth-order valence-corrected chi connectivity index (χ4v) is 1.60. The summed E-state index contributed by atoms with van der Waals surface area (Å²) in [5.74, 6) is -0.512. The molecule has 2 rings (SSSR count). The van der Waals surface area contributed by atoms with E-state index in [1.54, 1.807) is 12.2 Å². The van der Waals surface area contributed by atoms with Crippen LogP contribution in [0.2, 0.25) is 0 Å². The number of primary amides is 1. The van der Waals surface area contributed by atoms with E-state index >= 15 is 0 Å². The Morgan fingerprint density at radius 2 is 2.29 bits per heavy atom. The van der Waals surface area contributed by atoms with Gasteiger partial charge in [-0.2, -0.15) is 0 Å². The van der Waals surface area contributed by atoms with Crippen molar-refractivity contribution in [1.29, 1.82) is 0 Å². The van der Waals surface area contributed by atoms with Gasteiger partial charge in [0.25, 0.3) is 5.91 Å². The highest BCUT2D eigenvalue weighted by atomic mass is 16.2. The van der Waals surface area contributed by atoms with Crippen molar-refractivity contribution in [1.82, 2.24) is 10.2 Å². The number of amides is 2. The first kappa shape index (κ1) is 8.80. The molecule has 0 unspecified atom stereocenters. The van der Waals surface area contributed by atoms with Crippen molar-refractivity contribution in [3.05, 3.63) is 23.4 Å². The van der Waals surface area contributed by atoms with Crippen LogP contribution in [0.4, 0.5) is 0 Å². The minimum absolute atomic E-state index is 0.0870. The van der Waals surface area contributed by atoms with Gasteiger partial charge in [-0.1, -0.05) is 0 Å². The molecule has 0 aromatic heterocycles. The molecule has 2 aliphatic rings. The second-order valence-corrected chi connectivity index (χ2v) is 3.29. The van der Waals surface area contributed by atoms with Crippen molar-refractivity contribution in [2.75, 3.05) is 19.6 Å². The van der Waals surface area contributed by atoms with Gasteiger partial charge in [0.05, 0.1) is 0 Å². The lowest BCUT2D eigenvalue weighted by Gasteiger charge is -2.33. The molecular formula is C9H11N3O2. The average Bonchev–Trinajstić information content (AvgIpc) is 2.17. The van der Waals surface area contributed by atoms with Crippen LogP contribution in [0.25, 0.3) is 0 Å². The van der Waals surface area contributed by atoms with Crippen LogP contribution in [-0.4, -0.2) is 36.3 Å². The summed E-state index contributed by atoms with van der Waals surface area (Å²) in [5.41, 5.74) is 6.32. The van der Waals surface area contributed by atoms with Gasteiger partial charge in [0, 0.05) is 25.2 Å². The smallest absolute Gasteiger partial charge is 0.267 e. The maximum atomic E-state index is 11.3. The van der Waals surface area contributed by atoms with E-state index in [0.29, 0.717) is 24.4 Å². The predicted octanol–water partition coefficient (Wildman–Crippen LogP) is -1.27. The van der Waals surface area contributed by atoms with Crippen LogP contribution in [0.3, 0.4) is 0 Å². The molecule has 14 heavy (non-hydrogen) atoms. The summed E-state index contributed by atoms with van der Waals surface area (Å²) in [5, 5.41) is 2.73. The van der Waals surface area contributed by atoms with Crippen LogP contribution in [-0.2, 0) is 9.59 Å².